The summed E-state index contributed by atoms with van der Waals surface area (Å²) in [6.07, 6.45) is 0.296. The van der Waals surface area contributed by atoms with Crippen molar-refractivity contribution in [3.05, 3.63) is 65.0 Å². The monoisotopic (exact) mass is 407 g/mol. The Morgan fingerprint density at radius 1 is 1.10 bits per heavy atom. The molecule has 8 heteroatoms. The number of aliphatic hydroxyl groups excluding tert-OH is 1. The number of benzene rings is 1. The van der Waals surface area contributed by atoms with Crippen LogP contribution in [0.3, 0.4) is 0 Å². The van der Waals surface area contributed by atoms with Crippen molar-refractivity contribution in [3.63, 3.8) is 0 Å². The predicted octanol–water partition coefficient (Wildman–Crippen LogP) is 2.40. The Labute approximate surface area is 174 Å². The van der Waals surface area contributed by atoms with Crippen LogP contribution in [0.5, 0.6) is 0 Å². The third-order valence-corrected chi connectivity index (χ3v) is 6.53. The number of hydrogen-bond acceptors (Lipinski definition) is 6. The van der Waals surface area contributed by atoms with Crippen molar-refractivity contribution >= 4 is 24.6 Å². The third-order valence-electron chi connectivity index (χ3n) is 6.53. The topological polar surface area (TPSA) is 100 Å². The molecular formula is C22H22BNO6. The number of rotatable bonds is 3. The van der Waals surface area contributed by atoms with Crippen LogP contribution in [0.2, 0.25) is 0 Å². The maximum atomic E-state index is 13.4. The number of para-hydroxylation sites is 1. The maximum absolute atomic E-state index is 13.4. The molecule has 2 aromatic rings. The van der Waals surface area contributed by atoms with Crippen molar-refractivity contribution in [2.45, 2.75) is 32.5 Å². The van der Waals surface area contributed by atoms with E-state index in [1.807, 2.05) is 13.0 Å². The van der Waals surface area contributed by atoms with Crippen LogP contribution in [0, 0.1) is 17.8 Å². The molecule has 1 aromatic heterocycles. The predicted molar refractivity (Wildman–Crippen MR) is 108 cm³/mol. The van der Waals surface area contributed by atoms with Crippen LogP contribution >= 0.6 is 0 Å². The van der Waals surface area contributed by atoms with Crippen molar-refractivity contribution in [2.75, 3.05) is 4.90 Å². The standard InChI is InChI=1S/C22H22BNO6/c1-12-9-16-19(22(27)24(21(16)26)13-5-3-2-4-6-13)15-10-18(30-23(28)20(12)15)17-8-7-14(11-25)29-17/h2-8,15-16,18-19,25,28H,9-11H2,1H3/t15-,16-,18-,19+/m0/s1. The van der Waals surface area contributed by atoms with E-state index in [4.69, 9.17) is 9.07 Å². The number of hydrogen-bond donors (Lipinski definition) is 2. The average Bonchev–Trinajstić information content (AvgIpc) is 3.31. The number of allylic oxidation sites excluding steroid dienone is 2. The van der Waals surface area contributed by atoms with Gasteiger partial charge in [0, 0.05) is 0 Å². The molecule has 2 saturated heterocycles. The number of aliphatic hydroxyl groups is 1. The Morgan fingerprint density at radius 3 is 2.57 bits per heavy atom. The van der Waals surface area contributed by atoms with Crippen LogP contribution in [0.4, 0.5) is 5.69 Å². The minimum absolute atomic E-state index is 0.187. The van der Waals surface area contributed by atoms with Gasteiger partial charge in [-0.05, 0) is 55.4 Å². The smallest absolute Gasteiger partial charge is 0.461 e. The fourth-order valence-electron chi connectivity index (χ4n) is 5.22. The van der Waals surface area contributed by atoms with Gasteiger partial charge in [0.1, 0.15) is 24.2 Å². The van der Waals surface area contributed by atoms with E-state index in [0.717, 1.165) is 5.57 Å². The van der Waals surface area contributed by atoms with Gasteiger partial charge in [-0.15, -0.1) is 0 Å². The van der Waals surface area contributed by atoms with Crippen LogP contribution in [0.1, 0.15) is 37.4 Å². The molecule has 0 saturated carbocycles. The second kappa shape index (κ2) is 7.23. The number of fused-ring (bicyclic) bond motifs is 3. The van der Waals surface area contributed by atoms with Crippen molar-refractivity contribution in [1.82, 2.24) is 0 Å². The first-order valence-corrected chi connectivity index (χ1v) is 10.1. The Bertz CT molecular complexity index is 1030. The maximum Gasteiger partial charge on any atom is 0.487 e. The highest BCUT2D eigenvalue weighted by molar-refractivity contribution is 6.53. The summed E-state index contributed by atoms with van der Waals surface area (Å²) in [5.41, 5.74) is 2.18. The number of carbonyl (C=O) groups is 2. The van der Waals surface area contributed by atoms with Crippen molar-refractivity contribution in [1.29, 1.82) is 0 Å². The molecule has 2 amide bonds. The lowest BCUT2D eigenvalue weighted by Crippen LogP contribution is -2.44. The van der Waals surface area contributed by atoms with Crippen molar-refractivity contribution in [2.24, 2.45) is 17.8 Å². The van der Waals surface area contributed by atoms with Gasteiger partial charge >= 0.3 is 7.12 Å². The molecule has 2 aliphatic heterocycles. The minimum Gasteiger partial charge on any atom is -0.461 e. The first kappa shape index (κ1) is 19.3. The van der Waals surface area contributed by atoms with Crippen molar-refractivity contribution < 1.29 is 28.8 Å². The van der Waals surface area contributed by atoms with Gasteiger partial charge in [0.2, 0.25) is 11.8 Å². The summed E-state index contributed by atoms with van der Waals surface area (Å²) in [5, 5.41) is 20.0. The number of carbonyl (C=O) groups excluding carboxylic acids is 2. The molecule has 1 aliphatic carbocycles. The van der Waals surface area contributed by atoms with Crippen LogP contribution in [-0.2, 0) is 20.9 Å². The molecule has 2 N–H and O–H groups in total. The Hall–Kier alpha value is -2.68. The number of anilines is 1. The van der Waals surface area contributed by atoms with Gasteiger partial charge in [-0.2, -0.15) is 0 Å². The van der Waals surface area contributed by atoms with E-state index in [0.29, 0.717) is 35.5 Å². The highest BCUT2D eigenvalue weighted by atomic mass is 16.5. The quantitative estimate of drug-likeness (QED) is 0.599. The first-order valence-electron chi connectivity index (χ1n) is 10.1. The molecule has 0 bridgehead atoms. The highest BCUT2D eigenvalue weighted by Crippen LogP contribution is 2.51. The van der Waals surface area contributed by atoms with E-state index in [2.05, 4.69) is 0 Å². The lowest BCUT2D eigenvalue weighted by Gasteiger charge is -2.40. The first-order chi connectivity index (χ1) is 14.5. The van der Waals surface area contributed by atoms with E-state index in [1.54, 1.807) is 36.4 Å². The van der Waals surface area contributed by atoms with Gasteiger partial charge in [-0.25, -0.2) is 0 Å². The normalized spacial score (nSPS) is 28.8. The van der Waals surface area contributed by atoms with Gasteiger partial charge in [0.15, 0.2) is 0 Å². The number of amides is 2. The van der Waals surface area contributed by atoms with E-state index in [1.165, 1.54) is 4.90 Å². The summed E-state index contributed by atoms with van der Waals surface area (Å²) in [5.74, 6) is -0.808. The molecule has 30 heavy (non-hydrogen) atoms. The number of furan rings is 1. The average molecular weight is 407 g/mol. The number of imide groups is 1. The Morgan fingerprint density at radius 2 is 1.87 bits per heavy atom. The lowest BCUT2D eigenvalue weighted by atomic mass is 9.55. The largest absolute Gasteiger partial charge is 0.487 e. The molecule has 4 atom stereocenters. The van der Waals surface area contributed by atoms with Gasteiger partial charge in [-0.3, -0.25) is 14.5 Å². The Balaban J connectivity index is 1.51. The highest BCUT2D eigenvalue weighted by Gasteiger charge is 2.57. The summed E-state index contributed by atoms with van der Waals surface area (Å²) in [7, 11) is -1.16. The second-order valence-electron chi connectivity index (χ2n) is 8.20. The summed E-state index contributed by atoms with van der Waals surface area (Å²) >= 11 is 0. The van der Waals surface area contributed by atoms with Gasteiger partial charge < -0.3 is 19.2 Å². The van der Waals surface area contributed by atoms with E-state index in [-0.39, 0.29) is 24.3 Å². The number of nitrogens with zero attached hydrogens (tertiary/aromatic N) is 1. The molecule has 0 spiro atoms. The van der Waals surface area contributed by atoms with E-state index < -0.39 is 25.1 Å². The molecule has 2 fully saturated rings. The third kappa shape index (κ3) is 2.86. The second-order valence-corrected chi connectivity index (χ2v) is 8.20. The zero-order chi connectivity index (χ0) is 21.0. The molecule has 7 nitrogen and oxygen atoms in total. The van der Waals surface area contributed by atoms with Crippen LogP contribution in [0.15, 0.2) is 57.9 Å². The zero-order valence-corrected chi connectivity index (χ0v) is 16.5. The molecule has 0 radical (unpaired) electrons. The van der Waals surface area contributed by atoms with E-state index in [9.17, 15) is 19.7 Å². The van der Waals surface area contributed by atoms with Gasteiger partial charge in [0.25, 0.3) is 0 Å². The van der Waals surface area contributed by atoms with E-state index >= 15 is 0 Å². The fourth-order valence-corrected chi connectivity index (χ4v) is 5.22. The molecule has 154 valence electrons. The summed E-state index contributed by atoms with van der Waals surface area (Å²) < 4.78 is 11.4. The molecule has 0 unspecified atom stereocenters. The minimum atomic E-state index is -1.16. The van der Waals surface area contributed by atoms with Crippen LogP contribution in [0.25, 0.3) is 0 Å². The van der Waals surface area contributed by atoms with Crippen LogP contribution in [-0.4, -0.2) is 29.1 Å². The molecule has 3 heterocycles. The van der Waals surface area contributed by atoms with Gasteiger partial charge in [0.05, 0.1) is 17.5 Å². The molecule has 1 aromatic carbocycles. The van der Waals surface area contributed by atoms with Gasteiger partial charge in [-0.1, -0.05) is 23.8 Å². The lowest BCUT2D eigenvalue weighted by molar-refractivity contribution is -0.123. The van der Waals surface area contributed by atoms with Crippen LogP contribution < -0.4 is 4.90 Å². The zero-order valence-electron chi connectivity index (χ0n) is 16.5. The SMILES string of the molecule is CC1=C2B(O)O[C@H](c3ccc(CO)o3)C[C@H]2[C@H]2C(=O)N(c3ccccc3)C(=O)[C@H]2C1. The fraction of sp³-hybridized carbons (Fsp3) is 0.364. The summed E-state index contributed by atoms with van der Waals surface area (Å²) in [6.45, 7) is 1.66. The molecule has 5 rings (SSSR count). The Kier molecular flexibility index (Phi) is 4.65. The molecular weight excluding hydrogens is 385 g/mol. The molecule has 3 aliphatic rings. The van der Waals surface area contributed by atoms with Crippen molar-refractivity contribution in [3.8, 4) is 0 Å². The summed E-state index contributed by atoms with van der Waals surface area (Å²) in [4.78, 5) is 27.9. The summed E-state index contributed by atoms with van der Waals surface area (Å²) in [6, 6.07) is 12.3.